The van der Waals surface area contributed by atoms with Crippen LogP contribution in [0.2, 0.25) is 0 Å². The molecule has 1 aliphatic heterocycles. The van der Waals surface area contributed by atoms with Crippen molar-refractivity contribution in [2.45, 2.75) is 57.3 Å². The molecule has 1 saturated heterocycles. The summed E-state index contributed by atoms with van der Waals surface area (Å²) in [4.78, 5) is 12.6. The lowest BCUT2D eigenvalue weighted by atomic mass is 9.99. The molecule has 2 aromatic carbocycles. The topological polar surface area (TPSA) is 67.8 Å². The molecule has 2 unspecified atom stereocenters. The van der Waals surface area contributed by atoms with Crippen LogP contribution >= 0.6 is 0 Å². The fourth-order valence-corrected chi connectivity index (χ4v) is 3.54. The van der Waals surface area contributed by atoms with Crippen molar-refractivity contribution in [1.29, 1.82) is 0 Å². The van der Waals surface area contributed by atoms with E-state index in [4.69, 9.17) is 9.47 Å². The Morgan fingerprint density at radius 3 is 2.59 bits per heavy atom. The number of rotatable bonds is 10. The number of carbonyl (C=O) groups excluding carboxylic acids is 1. The lowest BCUT2D eigenvalue weighted by Crippen LogP contribution is -2.28. The molecule has 29 heavy (non-hydrogen) atoms. The standard InChI is InChI=1S/C24H31NO4/c26-21-15-13-19(14-16-21)22(25-24(27)20-9-3-1-4-10-20)11-5-2-7-17-28-23-12-6-8-18-29-23/h1,3-4,9-10,13-16,22-23,26H,2,5-8,11-12,17-18H2,(H,25,27). The van der Waals surface area contributed by atoms with Crippen molar-refractivity contribution in [2.24, 2.45) is 0 Å². The summed E-state index contributed by atoms with van der Waals surface area (Å²) in [6.07, 6.45) is 7.11. The van der Waals surface area contributed by atoms with Gasteiger partial charge in [-0.2, -0.15) is 0 Å². The molecule has 2 atom stereocenters. The molecule has 5 nitrogen and oxygen atoms in total. The Morgan fingerprint density at radius 1 is 1.07 bits per heavy atom. The van der Waals surface area contributed by atoms with Gasteiger partial charge in [-0.15, -0.1) is 0 Å². The van der Waals surface area contributed by atoms with Crippen LogP contribution in [-0.2, 0) is 9.47 Å². The summed E-state index contributed by atoms with van der Waals surface area (Å²) in [6.45, 7) is 1.52. The Balaban J connectivity index is 1.47. The SMILES string of the molecule is O=C(NC(CCCCCOC1CCCCO1)c1ccc(O)cc1)c1ccccc1. The average molecular weight is 398 g/mol. The van der Waals surface area contributed by atoms with E-state index < -0.39 is 0 Å². The van der Waals surface area contributed by atoms with Crippen LogP contribution in [0.15, 0.2) is 54.6 Å². The minimum absolute atomic E-state index is 0.0290. The first-order valence-corrected chi connectivity index (χ1v) is 10.6. The van der Waals surface area contributed by atoms with E-state index in [1.807, 2.05) is 42.5 Å². The molecule has 0 bridgehead atoms. The number of benzene rings is 2. The minimum atomic E-state index is -0.0918. The van der Waals surface area contributed by atoms with Crippen molar-refractivity contribution in [1.82, 2.24) is 5.32 Å². The van der Waals surface area contributed by atoms with E-state index in [0.29, 0.717) is 12.2 Å². The quantitative estimate of drug-likeness (QED) is 0.556. The van der Waals surface area contributed by atoms with Crippen molar-refractivity contribution in [3.63, 3.8) is 0 Å². The molecular weight excluding hydrogens is 366 g/mol. The zero-order valence-electron chi connectivity index (χ0n) is 16.9. The van der Waals surface area contributed by atoms with E-state index in [2.05, 4.69) is 5.32 Å². The van der Waals surface area contributed by atoms with Crippen LogP contribution in [0.1, 0.15) is 66.9 Å². The number of unbranched alkanes of at least 4 members (excludes halogenated alkanes) is 2. The molecule has 0 aromatic heterocycles. The van der Waals surface area contributed by atoms with Gasteiger partial charge in [0, 0.05) is 18.8 Å². The van der Waals surface area contributed by atoms with Gasteiger partial charge in [0.25, 0.3) is 5.91 Å². The first-order chi connectivity index (χ1) is 14.2. The molecule has 2 aromatic rings. The summed E-state index contributed by atoms with van der Waals surface area (Å²) in [6, 6.07) is 16.2. The second-order valence-corrected chi connectivity index (χ2v) is 7.50. The predicted molar refractivity (Wildman–Crippen MR) is 113 cm³/mol. The summed E-state index contributed by atoms with van der Waals surface area (Å²) in [5, 5.41) is 12.7. The summed E-state index contributed by atoms with van der Waals surface area (Å²) in [5.41, 5.74) is 1.65. The number of aromatic hydroxyl groups is 1. The number of ether oxygens (including phenoxy) is 2. The van der Waals surface area contributed by atoms with Gasteiger partial charge in [-0.3, -0.25) is 4.79 Å². The molecule has 0 spiro atoms. The normalized spacial score (nSPS) is 17.6. The molecule has 0 saturated carbocycles. The monoisotopic (exact) mass is 397 g/mol. The fraction of sp³-hybridized carbons (Fsp3) is 0.458. The first kappa shape index (κ1) is 21.3. The third kappa shape index (κ3) is 7.18. The fourth-order valence-electron chi connectivity index (χ4n) is 3.54. The zero-order valence-corrected chi connectivity index (χ0v) is 16.9. The van der Waals surface area contributed by atoms with E-state index in [1.165, 1.54) is 6.42 Å². The molecule has 1 aliphatic rings. The van der Waals surface area contributed by atoms with Gasteiger partial charge in [-0.1, -0.05) is 43.2 Å². The molecule has 2 N–H and O–H groups in total. The van der Waals surface area contributed by atoms with Gasteiger partial charge >= 0.3 is 0 Å². The highest BCUT2D eigenvalue weighted by atomic mass is 16.7. The Bertz CT molecular complexity index is 726. The molecular formula is C24H31NO4. The van der Waals surface area contributed by atoms with E-state index in [-0.39, 0.29) is 24.0 Å². The van der Waals surface area contributed by atoms with Crippen molar-refractivity contribution < 1.29 is 19.4 Å². The minimum Gasteiger partial charge on any atom is -0.508 e. The molecule has 1 fully saturated rings. The number of phenolic OH excluding ortho intramolecular Hbond substituents is 1. The highest BCUT2D eigenvalue weighted by Gasteiger charge is 2.16. The molecule has 5 heteroatoms. The Kier molecular flexibility index (Phi) is 8.53. The van der Waals surface area contributed by atoms with Crippen LogP contribution in [0.25, 0.3) is 0 Å². The van der Waals surface area contributed by atoms with Crippen molar-refractivity contribution in [3.05, 3.63) is 65.7 Å². The van der Waals surface area contributed by atoms with Crippen LogP contribution in [0.5, 0.6) is 5.75 Å². The average Bonchev–Trinajstić information content (AvgIpc) is 2.77. The maximum Gasteiger partial charge on any atom is 0.251 e. The van der Waals surface area contributed by atoms with Gasteiger partial charge in [0.05, 0.1) is 6.04 Å². The molecule has 1 amide bonds. The van der Waals surface area contributed by atoms with E-state index in [1.54, 1.807) is 12.1 Å². The molecule has 0 aliphatic carbocycles. The van der Waals surface area contributed by atoms with Gasteiger partial charge in [-0.25, -0.2) is 0 Å². The number of nitrogens with one attached hydrogen (secondary N) is 1. The van der Waals surface area contributed by atoms with E-state index >= 15 is 0 Å². The van der Waals surface area contributed by atoms with Crippen LogP contribution in [0.4, 0.5) is 0 Å². The van der Waals surface area contributed by atoms with Crippen LogP contribution in [0, 0.1) is 0 Å². The second-order valence-electron chi connectivity index (χ2n) is 7.50. The highest BCUT2D eigenvalue weighted by Crippen LogP contribution is 2.23. The summed E-state index contributed by atoms with van der Waals surface area (Å²) >= 11 is 0. The first-order valence-electron chi connectivity index (χ1n) is 10.6. The molecule has 1 heterocycles. The molecule has 3 rings (SSSR count). The largest absolute Gasteiger partial charge is 0.508 e. The van der Waals surface area contributed by atoms with Crippen molar-refractivity contribution >= 4 is 5.91 Å². The number of phenols is 1. The van der Waals surface area contributed by atoms with Crippen molar-refractivity contribution in [2.75, 3.05) is 13.2 Å². The van der Waals surface area contributed by atoms with E-state index in [9.17, 15) is 9.90 Å². The molecule has 0 radical (unpaired) electrons. The summed E-state index contributed by atoms with van der Waals surface area (Å²) in [7, 11) is 0. The predicted octanol–water partition coefficient (Wildman–Crippen LogP) is 4.97. The number of carbonyl (C=O) groups is 1. The summed E-state index contributed by atoms with van der Waals surface area (Å²) in [5.74, 6) is 0.144. The maximum atomic E-state index is 12.6. The number of amides is 1. The third-order valence-electron chi connectivity index (χ3n) is 5.22. The van der Waals surface area contributed by atoms with Gasteiger partial charge in [0.2, 0.25) is 0 Å². The van der Waals surface area contributed by atoms with Gasteiger partial charge in [0.15, 0.2) is 6.29 Å². The van der Waals surface area contributed by atoms with Crippen LogP contribution in [-0.4, -0.2) is 30.5 Å². The van der Waals surface area contributed by atoms with Gasteiger partial charge in [0.1, 0.15) is 5.75 Å². The Labute approximate surface area is 173 Å². The van der Waals surface area contributed by atoms with Crippen molar-refractivity contribution in [3.8, 4) is 5.75 Å². The van der Waals surface area contributed by atoms with Gasteiger partial charge in [-0.05, 0) is 61.9 Å². The number of hydrogen-bond acceptors (Lipinski definition) is 4. The van der Waals surface area contributed by atoms with Gasteiger partial charge < -0.3 is 19.9 Å². The molecule has 156 valence electrons. The van der Waals surface area contributed by atoms with Crippen LogP contribution in [0.3, 0.4) is 0 Å². The lowest BCUT2D eigenvalue weighted by Gasteiger charge is -2.22. The maximum absolute atomic E-state index is 12.6. The van der Waals surface area contributed by atoms with Crippen LogP contribution < -0.4 is 5.32 Å². The summed E-state index contributed by atoms with van der Waals surface area (Å²) < 4.78 is 11.4. The Morgan fingerprint density at radius 2 is 1.86 bits per heavy atom. The zero-order chi connectivity index (χ0) is 20.3. The Hall–Kier alpha value is -2.37. The smallest absolute Gasteiger partial charge is 0.251 e. The highest BCUT2D eigenvalue weighted by molar-refractivity contribution is 5.94. The van der Waals surface area contributed by atoms with E-state index in [0.717, 1.165) is 50.7 Å². The lowest BCUT2D eigenvalue weighted by molar-refractivity contribution is -0.162. The third-order valence-corrected chi connectivity index (χ3v) is 5.22. The second kappa shape index (κ2) is 11.6. The number of hydrogen-bond donors (Lipinski definition) is 2.